The molecule has 0 spiro atoms. The summed E-state index contributed by atoms with van der Waals surface area (Å²) in [5, 5.41) is 18.4. The van der Waals surface area contributed by atoms with Gasteiger partial charge in [-0.2, -0.15) is 0 Å². The summed E-state index contributed by atoms with van der Waals surface area (Å²) >= 11 is 0. The molecule has 82 valence electrons. The standard InChI is InChI=1S/C10H12O5/c1-5-6(10(12)13)4-7(11)9(15-3)8(5)14-2/h4,11H,1-3H3,(H,12,13). The Labute approximate surface area is 86.9 Å². The van der Waals surface area contributed by atoms with Crippen LogP contribution in [0.2, 0.25) is 0 Å². The van der Waals surface area contributed by atoms with E-state index in [-0.39, 0.29) is 22.8 Å². The van der Waals surface area contributed by atoms with Crippen LogP contribution in [0, 0.1) is 6.92 Å². The molecule has 0 saturated heterocycles. The Balaban J connectivity index is 3.51. The summed E-state index contributed by atoms with van der Waals surface area (Å²) in [6.07, 6.45) is 0. The lowest BCUT2D eigenvalue weighted by atomic mass is 10.1. The Morgan fingerprint density at radius 3 is 2.20 bits per heavy atom. The van der Waals surface area contributed by atoms with Crippen LogP contribution in [-0.2, 0) is 0 Å². The lowest BCUT2D eigenvalue weighted by Crippen LogP contribution is -2.03. The predicted octanol–water partition coefficient (Wildman–Crippen LogP) is 1.42. The van der Waals surface area contributed by atoms with Gasteiger partial charge in [0, 0.05) is 5.56 Å². The second kappa shape index (κ2) is 4.08. The Morgan fingerprint density at radius 1 is 1.27 bits per heavy atom. The highest BCUT2D eigenvalue weighted by atomic mass is 16.5. The number of ether oxygens (including phenoxy) is 2. The summed E-state index contributed by atoms with van der Waals surface area (Å²) in [7, 11) is 2.76. The van der Waals surface area contributed by atoms with Gasteiger partial charge in [0.25, 0.3) is 0 Å². The molecule has 0 saturated carbocycles. The quantitative estimate of drug-likeness (QED) is 0.792. The number of hydrogen-bond donors (Lipinski definition) is 2. The molecular formula is C10H12O5. The number of phenols is 1. The van der Waals surface area contributed by atoms with Gasteiger partial charge in [0.05, 0.1) is 19.8 Å². The third-order valence-electron chi connectivity index (χ3n) is 2.10. The van der Waals surface area contributed by atoms with E-state index in [1.807, 2.05) is 0 Å². The molecule has 1 rings (SSSR count). The van der Waals surface area contributed by atoms with Crippen molar-refractivity contribution in [2.45, 2.75) is 6.92 Å². The van der Waals surface area contributed by atoms with Crippen LogP contribution in [0.4, 0.5) is 0 Å². The van der Waals surface area contributed by atoms with Gasteiger partial charge in [0.15, 0.2) is 11.5 Å². The lowest BCUT2D eigenvalue weighted by molar-refractivity contribution is 0.0695. The zero-order chi connectivity index (χ0) is 11.6. The average molecular weight is 212 g/mol. The number of phenolic OH excluding ortho intramolecular Hbond substituents is 1. The number of carboxylic acids is 1. The van der Waals surface area contributed by atoms with E-state index in [9.17, 15) is 9.90 Å². The zero-order valence-corrected chi connectivity index (χ0v) is 8.70. The topological polar surface area (TPSA) is 76.0 Å². The van der Waals surface area contributed by atoms with Crippen LogP contribution < -0.4 is 9.47 Å². The number of methoxy groups -OCH3 is 2. The molecule has 0 aliphatic rings. The molecule has 0 atom stereocenters. The molecule has 0 unspecified atom stereocenters. The maximum atomic E-state index is 10.8. The van der Waals surface area contributed by atoms with Crippen LogP contribution in [0.25, 0.3) is 0 Å². The molecule has 0 aliphatic heterocycles. The number of rotatable bonds is 3. The molecule has 1 aromatic carbocycles. The highest BCUT2D eigenvalue weighted by molar-refractivity contribution is 5.91. The summed E-state index contributed by atoms with van der Waals surface area (Å²) < 4.78 is 9.90. The number of hydrogen-bond acceptors (Lipinski definition) is 4. The molecule has 0 fully saturated rings. The van der Waals surface area contributed by atoms with Crippen molar-refractivity contribution in [1.29, 1.82) is 0 Å². The monoisotopic (exact) mass is 212 g/mol. The molecule has 1 aromatic rings. The van der Waals surface area contributed by atoms with E-state index in [2.05, 4.69) is 0 Å². The first kappa shape index (κ1) is 11.2. The molecule has 0 aliphatic carbocycles. The van der Waals surface area contributed by atoms with Crippen LogP contribution in [-0.4, -0.2) is 30.4 Å². The van der Waals surface area contributed by atoms with Crippen molar-refractivity contribution in [3.05, 3.63) is 17.2 Å². The van der Waals surface area contributed by atoms with Gasteiger partial charge in [-0.05, 0) is 13.0 Å². The van der Waals surface area contributed by atoms with E-state index in [0.29, 0.717) is 5.56 Å². The first-order valence-electron chi connectivity index (χ1n) is 4.20. The van der Waals surface area contributed by atoms with Gasteiger partial charge in [-0.15, -0.1) is 0 Å². The fourth-order valence-electron chi connectivity index (χ4n) is 1.38. The van der Waals surface area contributed by atoms with Gasteiger partial charge in [-0.1, -0.05) is 0 Å². The Hall–Kier alpha value is -1.91. The number of carbonyl (C=O) groups is 1. The van der Waals surface area contributed by atoms with E-state index in [1.165, 1.54) is 14.2 Å². The largest absolute Gasteiger partial charge is 0.504 e. The Kier molecular flexibility index (Phi) is 3.04. The molecule has 0 amide bonds. The van der Waals surface area contributed by atoms with E-state index in [0.717, 1.165) is 6.07 Å². The van der Waals surface area contributed by atoms with Crippen molar-refractivity contribution in [1.82, 2.24) is 0 Å². The number of benzene rings is 1. The van der Waals surface area contributed by atoms with Crippen LogP contribution in [0.5, 0.6) is 17.2 Å². The molecule has 5 nitrogen and oxygen atoms in total. The van der Waals surface area contributed by atoms with Crippen molar-refractivity contribution in [3.8, 4) is 17.2 Å². The van der Waals surface area contributed by atoms with Gasteiger partial charge in [-0.25, -0.2) is 4.79 Å². The van der Waals surface area contributed by atoms with Gasteiger partial charge < -0.3 is 19.7 Å². The van der Waals surface area contributed by atoms with E-state index >= 15 is 0 Å². The molecule has 0 bridgehead atoms. The first-order valence-corrected chi connectivity index (χ1v) is 4.20. The third kappa shape index (κ3) is 1.81. The number of aromatic hydroxyl groups is 1. The van der Waals surface area contributed by atoms with Gasteiger partial charge in [0.2, 0.25) is 5.75 Å². The highest BCUT2D eigenvalue weighted by Crippen LogP contribution is 2.40. The van der Waals surface area contributed by atoms with E-state index < -0.39 is 5.97 Å². The molecule has 0 aromatic heterocycles. The normalized spacial score (nSPS) is 9.80. The first-order chi connectivity index (χ1) is 7.02. The molecule has 2 N–H and O–H groups in total. The highest BCUT2D eigenvalue weighted by Gasteiger charge is 2.19. The number of aromatic carboxylic acids is 1. The SMILES string of the molecule is COc1c(O)cc(C(=O)O)c(C)c1OC. The molecule has 5 heteroatoms. The van der Waals surface area contributed by atoms with Crippen LogP contribution in [0.15, 0.2) is 6.07 Å². The summed E-state index contributed by atoms with van der Waals surface area (Å²) in [5.41, 5.74) is 0.407. The second-order valence-corrected chi connectivity index (χ2v) is 2.94. The molecule has 0 radical (unpaired) electrons. The van der Waals surface area contributed by atoms with Gasteiger partial charge >= 0.3 is 5.97 Å². The van der Waals surface area contributed by atoms with Gasteiger partial charge in [0.1, 0.15) is 0 Å². The summed E-state index contributed by atoms with van der Waals surface area (Å²) in [5.74, 6) is -1.00. The maximum absolute atomic E-state index is 10.8. The lowest BCUT2D eigenvalue weighted by Gasteiger charge is -2.13. The van der Waals surface area contributed by atoms with Gasteiger partial charge in [-0.3, -0.25) is 0 Å². The van der Waals surface area contributed by atoms with Crippen molar-refractivity contribution in [3.63, 3.8) is 0 Å². The average Bonchev–Trinajstić information content (AvgIpc) is 2.19. The minimum Gasteiger partial charge on any atom is -0.504 e. The summed E-state index contributed by atoms with van der Waals surface area (Å²) in [6, 6.07) is 1.14. The van der Waals surface area contributed by atoms with E-state index in [1.54, 1.807) is 6.92 Å². The fourth-order valence-corrected chi connectivity index (χ4v) is 1.38. The van der Waals surface area contributed by atoms with Crippen LogP contribution in [0.1, 0.15) is 15.9 Å². The van der Waals surface area contributed by atoms with Crippen molar-refractivity contribution in [2.24, 2.45) is 0 Å². The molecule has 0 heterocycles. The van der Waals surface area contributed by atoms with Crippen molar-refractivity contribution in [2.75, 3.05) is 14.2 Å². The predicted molar refractivity (Wildman–Crippen MR) is 52.9 cm³/mol. The second-order valence-electron chi connectivity index (χ2n) is 2.94. The van der Waals surface area contributed by atoms with Crippen LogP contribution in [0.3, 0.4) is 0 Å². The van der Waals surface area contributed by atoms with Crippen molar-refractivity contribution < 1.29 is 24.5 Å². The van der Waals surface area contributed by atoms with Crippen molar-refractivity contribution >= 4 is 5.97 Å². The Bertz CT molecular complexity index is 397. The zero-order valence-electron chi connectivity index (χ0n) is 8.70. The summed E-state index contributed by atoms with van der Waals surface area (Å²) in [6.45, 7) is 1.59. The minimum atomic E-state index is -1.12. The summed E-state index contributed by atoms with van der Waals surface area (Å²) in [4.78, 5) is 10.8. The maximum Gasteiger partial charge on any atom is 0.336 e. The fraction of sp³-hybridized carbons (Fsp3) is 0.300. The van der Waals surface area contributed by atoms with Crippen LogP contribution >= 0.6 is 0 Å². The smallest absolute Gasteiger partial charge is 0.336 e. The number of carboxylic acid groups (broad SMARTS) is 1. The third-order valence-corrected chi connectivity index (χ3v) is 2.10. The minimum absolute atomic E-state index is 0.00912. The molecular weight excluding hydrogens is 200 g/mol. The van der Waals surface area contributed by atoms with E-state index in [4.69, 9.17) is 14.6 Å². The molecule has 15 heavy (non-hydrogen) atoms. The Morgan fingerprint density at radius 2 is 1.80 bits per heavy atom.